The van der Waals surface area contributed by atoms with Crippen LogP contribution in [0.3, 0.4) is 0 Å². The first kappa shape index (κ1) is 12.8. The summed E-state index contributed by atoms with van der Waals surface area (Å²) in [4.78, 5) is 4.85. The molecule has 2 unspecified atom stereocenters. The van der Waals surface area contributed by atoms with E-state index in [4.69, 9.17) is 11.6 Å². The van der Waals surface area contributed by atoms with Crippen LogP contribution in [0.4, 0.5) is 5.69 Å². The number of fused-ring (bicyclic) bond motifs is 2. The monoisotopic (exact) mass is 275 g/mol. The molecule has 2 saturated heterocycles. The van der Waals surface area contributed by atoms with Crippen LogP contribution in [0.5, 0.6) is 0 Å². The molecule has 1 aromatic carbocycles. The van der Waals surface area contributed by atoms with E-state index < -0.39 is 0 Å². The Bertz CT molecular complexity index is 523. The number of rotatable bonds is 1. The van der Waals surface area contributed by atoms with Crippen LogP contribution in [0.1, 0.15) is 24.8 Å². The van der Waals surface area contributed by atoms with E-state index in [9.17, 15) is 5.26 Å². The van der Waals surface area contributed by atoms with E-state index in [0.717, 1.165) is 18.8 Å². The number of likely N-dealkylation sites (N-methyl/N-ethyl adjacent to an activating group) is 1. The van der Waals surface area contributed by atoms with Crippen molar-refractivity contribution in [1.82, 2.24) is 4.90 Å². The molecular weight excluding hydrogens is 258 g/mol. The van der Waals surface area contributed by atoms with Gasteiger partial charge in [-0.2, -0.15) is 5.26 Å². The Labute approximate surface area is 119 Å². The molecule has 0 saturated carbocycles. The number of anilines is 1. The van der Waals surface area contributed by atoms with Crippen LogP contribution in [0.2, 0.25) is 5.02 Å². The van der Waals surface area contributed by atoms with Gasteiger partial charge in [-0.1, -0.05) is 17.7 Å². The Kier molecular flexibility index (Phi) is 3.38. The molecule has 0 aromatic heterocycles. The summed E-state index contributed by atoms with van der Waals surface area (Å²) < 4.78 is 0. The van der Waals surface area contributed by atoms with Gasteiger partial charge in [0.25, 0.3) is 0 Å². The third-order valence-electron chi connectivity index (χ3n) is 4.59. The summed E-state index contributed by atoms with van der Waals surface area (Å²) in [5.41, 5.74) is 1.61. The third kappa shape index (κ3) is 2.20. The standard InChI is InChI=1S/C15H18ClN3/c1-18-11-5-6-12(18)10-19(8-7-11)15-4-2-3-14(16)13(15)9-17/h2-4,11-12H,5-8,10H2,1H3. The highest BCUT2D eigenvalue weighted by Crippen LogP contribution is 2.33. The Balaban J connectivity index is 1.91. The van der Waals surface area contributed by atoms with Crippen molar-refractivity contribution >= 4 is 17.3 Å². The molecule has 2 fully saturated rings. The van der Waals surface area contributed by atoms with E-state index in [1.165, 1.54) is 19.3 Å². The molecule has 100 valence electrons. The molecule has 3 rings (SSSR count). The van der Waals surface area contributed by atoms with Gasteiger partial charge in [-0.3, -0.25) is 4.90 Å². The van der Waals surface area contributed by atoms with Gasteiger partial charge in [0.1, 0.15) is 6.07 Å². The summed E-state index contributed by atoms with van der Waals surface area (Å²) in [5.74, 6) is 0. The molecule has 19 heavy (non-hydrogen) atoms. The summed E-state index contributed by atoms with van der Waals surface area (Å²) in [6.07, 6.45) is 3.75. The van der Waals surface area contributed by atoms with Crippen LogP contribution in [0, 0.1) is 11.3 Å². The first-order valence-corrected chi connectivity index (χ1v) is 7.24. The van der Waals surface area contributed by atoms with E-state index in [-0.39, 0.29) is 0 Å². The third-order valence-corrected chi connectivity index (χ3v) is 4.91. The van der Waals surface area contributed by atoms with E-state index >= 15 is 0 Å². The lowest BCUT2D eigenvalue weighted by Crippen LogP contribution is -2.36. The van der Waals surface area contributed by atoms with Crippen molar-refractivity contribution in [2.75, 3.05) is 25.0 Å². The highest BCUT2D eigenvalue weighted by molar-refractivity contribution is 6.32. The first-order valence-electron chi connectivity index (χ1n) is 6.86. The summed E-state index contributed by atoms with van der Waals surface area (Å²) in [5, 5.41) is 9.87. The number of nitriles is 1. The van der Waals surface area contributed by atoms with E-state index in [1.54, 1.807) is 6.07 Å². The number of halogens is 1. The minimum absolute atomic E-state index is 0.558. The quantitative estimate of drug-likeness (QED) is 0.789. The van der Waals surface area contributed by atoms with Crippen molar-refractivity contribution in [2.45, 2.75) is 31.3 Å². The second-order valence-corrected chi connectivity index (χ2v) is 5.94. The van der Waals surface area contributed by atoms with Crippen LogP contribution in [0.25, 0.3) is 0 Å². The van der Waals surface area contributed by atoms with Gasteiger partial charge in [0.05, 0.1) is 16.3 Å². The number of hydrogen-bond acceptors (Lipinski definition) is 3. The summed E-state index contributed by atoms with van der Waals surface area (Å²) >= 11 is 6.14. The average Bonchev–Trinajstić information content (AvgIpc) is 2.63. The molecule has 2 aliphatic rings. The topological polar surface area (TPSA) is 30.3 Å². The van der Waals surface area contributed by atoms with E-state index in [0.29, 0.717) is 22.7 Å². The zero-order valence-corrected chi connectivity index (χ0v) is 11.9. The lowest BCUT2D eigenvalue weighted by molar-refractivity contribution is 0.254. The second-order valence-electron chi connectivity index (χ2n) is 5.53. The van der Waals surface area contributed by atoms with Gasteiger partial charge in [0.2, 0.25) is 0 Å². The number of benzene rings is 1. The van der Waals surface area contributed by atoms with Crippen LogP contribution >= 0.6 is 11.6 Å². The highest BCUT2D eigenvalue weighted by atomic mass is 35.5. The molecule has 2 atom stereocenters. The first-order chi connectivity index (χ1) is 9.20. The van der Waals surface area contributed by atoms with Crippen molar-refractivity contribution in [3.63, 3.8) is 0 Å². The van der Waals surface area contributed by atoms with Crippen molar-refractivity contribution in [1.29, 1.82) is 5.26 Å². The van der Waals surface area contributed by atoms with Crippen LogP contribution in [-0.4, -0.2) is 37.1 Å². The molecule has 0 spiro atoms. The minimum atomic E-state index is 0.558. The maximum atomic E-state index is 9.31. The summed E-state index contributed by atoms with van der Waals surface area (Å²) in [6, 6.07) is 9.31. The molecule has 1 aromatic rings. The van der Waals surface area contributed by atoms with Gasteiger partial charge in [-0.15, -0.1) is 0 Å². The molecule has 2 heterocycles. The van der Waals surface area contributed by atoms with Gasteiger partial charge in [-0.25, -0.2) is 0 Å². The zero-order chi connectivity index (χ0) is 13.4. The fourth-order valence-corrected chi connectivity index (χ4v) is 3.63. The van der Waals surface area contributed by atoms with Crippen molar-refractivity contribution in [3.05, 3.63) is 28.8 Å². The van der Waals surface area contributed by atoms with Crippen molar-refractivity contribution in [3.8, 4) is 6.07 Å². The molecule has 2 aliphatic heterocycles. The Morgan fingerprint density at radius 3 is 2.84 bits per heavy atom. The Morgan fingerprint density at radius 2 is 2.05 bits per heavy atom. The van der Waals surface area contributed by atoms with E-state index in [1.807, 2.05) is 12.1 Å². The smallest absolute Gasteiger partial charge is 0.103 e. The lowest BCUT2D eigenvalue weighted by atomic mass is 10.1. The fraction of sp³-hybridized carbons (Fsp3) is 0.533. The summed E-state index contributed by atoms with van der Waals surface area (Å²) in [7, 11) is 2.23. The summed E-state index contributed by atoms with van der Waals surface area (Å²) in [6.45, 7) is 2.02. The van der Waals surface area contributed by atoms with E-state index in [2.05, 4.69) is 22.9 Å². The fourth-order valence-electron chi connectivity index (χ4n) is 3.41. The lowest BCUT2D eigenvalue weighted by Gasteiger charge is -2.28. The van der Waals surface area contributed by atoms with Crippen molar-refractivity contribution in [2.24, 2.45) is 0 Å². The molecule has 2 bridgehead atoms. The largest absolute Gasteiger partial charge is 0.369 e. The molecular formula is C15H18ClN3. The minimum Gasteiger partial charge on any atom is -0.369 e. The Morgan fingerprint density at radius 1 is 1.26 bits per heavy atom. The number of nitrogens with zero attached hydrogens (tertiary/aromatic N) is 3. The maximum absolute atomic E-state index is 9.31. The Hall–Kier alpha value is -1.24. The van der Waals surface area contributed by atoms with Gasteiger partial charge in [0.15, 0.2) is 0 Å². The van der Waals surface area contributed by atoms with Crippen LogP contribution in [0.15, 0.2) is 18.2 Å². The van der Waals surface area contributed by atoms with Gasteiger partial charge in [-0.05, 0) is 38.4 Å². The van der Waals surface area contributed by atoms with Gasteiger partial charge in [0, 0.05) is 25.2 Å². The molecule has 0 aliphatic carbocycles. The molecule has 0 radical (unpaired) electrons. The zero-order valence-electron chi connectivity index (χ0n) is 11.1. The second kappa shape index (κ2) is 5.03. The van der Waals surface area contributed by atoms with Crippen LogP contribution < -0.4 is 4.90 Å². The molecule has 0 N–H and O–H groups in total. The normalized spacial score (nSPS) is 27.1. The SMILES string of the molecule is CN1C2CCC1CN(c1cccc(Cl)c1C#N)CC2. The van der Waals surface area contributed by atoms with Gasteiger partial charge >= 0.3 is 0 Å². The molecule has 3 nitrogen and oxygen atoms in total. The molecule has 0 amide bonds. The maximum Gasteiger partial charge on any atom is 0.103 e. The predicted octanol–water partition coefficient (Wildman–Crippen LogP) is 2.88. The molecule has 4 heteroatoms. The predicted molar refractivity (Wildman–Crippen MR) is 77.6 cm³/mol. The van der Waals surface area contributed by atoms with Crippen LogP contribution in [-0.2, 0) is 0 Å². The highest BCUT2D eigenvalue weighted by Gasteiger charge is 2.35. The average molecular weight is 276 g/mol. The van der Waals surface area contributed by atoms with Gasteiger partial charge < -0.3 is 4.90 Å². The number of hydrogen-bond donors (Lipinski definition) is 0. The van der Waals surface area contributed by atoms with Crippen molar-refractivity contribution < 1.29 is 0 Å².